The van der Waals surface area contributed by atoms with Crippen molar-refractivity contribution in [2.75, 3.05) is 0 Å². The van der Waals surface area contributed by atoms with Gasteiger partial charge < -0.3 is 9.47 Å². The summed E-state index contributed by atoms with van der Waals surface area (Å²) in [5.74, 6) is 1.63. The maximum atomic E-state index is 5.75. The Morgan fingerprint density at radius 1 is 0.812 bits per heavy atom. The minimum atomic E-state index is -0.307. The molecule has 2 nitrogen and oxygen atoms in total. The highest BCUT2D eigenvalue weighted by Crippen LogP contribution is 2.40. The standard InChI is InChI=1S/C14H12O2/c1-10-6-2-3-7-11(10)14-15-12-8-4-5-9-13(12)16-14/h2-9,14H,1H3. The number of ether oxygens (including phenoxy) is 2. The van der Waals surface area contributed by atoms with Gasteiger partial charge in [0.05, 0.1) is 0 Å². The second-order valence-electron chi connectivity index (χ2n) is 3.87. The summed E-state index contributed by atoms with van der Waals surface area (Å²) in [4.78, 5) is 0. The molecule has 1 aliphatic rings. The van der Waals surface area contributed by atoms with E-state index < -0.39 is 0 Å². The lowest BCUT2D eigenvalue weighted by atomic mass is 10.1. The van der Waals surface area contributed by atoms with Crippen LogP contribution in [0.5, 0.6) is 11.5 Å². The molecule has 0 spiro atoms. The van der Waals surface area contributed by atoms with Gasteiger partial charge in [-0.15, -0.1) is 0 Å². The second-order valence-corrected chi connectivity index (χ2v) is 3.87. The van der Waals surface area contributed by atoms with Crippen molar-refractivity contribution >= 4 is 0 Å². The Morgan fingerprint density at radius 3 is 2.00 bits per heavy atom. The van der Waals surface area contributed by atoms with E-state index in [0.717, 1.165) is 17.1 Å². The SMILES string of the molecule is Cc1ccccc1C1Oc2ccccc2O1. The van der Waals surface area contributed by atoms with Gasteiger partial charge in [-0.3, -0.25) is 0 Å². The van der Waals surface area contributed by atoms with E-state index in [1.165, 1.54) is 5.56 Å². The molecule has 2 heteroatoms. The third kappa shape index (κ3) is 1.43. The van der Waals surface area contributed by atoms with Gasteiger partial charge in [-0.1, -0.05) is 36.4 Å². The summed E-state index contributed by atoms with van der Waals surface area (Å²) in [6, 6.07) is 15.8. The van der Waals surface area contributed by atoms with E-state index in [2.05, 4.69) is 13.0 Å². The molecule has 1 heterocycles. The Kier molecular flexibility index (Phi) is 2.07. The van der Waals surface area contributed by atoms with E-state index in [1.807, 2.05) is 42.5 Å². The molecule has 16 heavy (non-hydrogen) atoms. The highest BCUT2D eigenvalue weighted by atomic mass is 16.7. The quantitative estimate of drug-likeness (QED) is 0.720. The number of hydrogen-bond donors (Lipinski definition) is 0. The summed E-state index contributed by atoms with van der Waals surface area (Å²) in [5.41, 5.74) is 2.26. The number of hydrogen-bond acceptors (Lipinski definition) is 2. The topological polar surface area (TPSA) is 18.5 Å². The molecule has 2 aromatic carbocycles. The van der Waals surface area contributed by atoms with Crippen molar-refractivity contribution in [3.05, 3.63) is 59.7 Å². The Morgan fingerprint density at radius 2 is 1.38 bits per heavy atom. The molecule has 0 fully saturated rings. The molecular weight excluding hydrogens is 200 g/mol. The first kappa shape index (κ1) is 9.28. The average Bonchev–Trinajstić information content (AvgIpc) is 2.73. The summed E-state index contributed by atoms with van der Waals surface area (Å²) in [6.45, 7) is 2.06. The van der Waals surface area contributed by atoms with Crippen LogP contribution in [0.2, 0.25) is 0 Å². The van der Waals surface area contributed by atoms with Gasteiger partial charge in [-0.25, -0.2) is 0 Å². The van der Waals surface area contributed by atoms with Crippen LogP contribution in [0.4, 0.5) is 0 Å². The zero-order valence-electron chi connectivity index (χ0n) is 9.01. The van der Waals surface area contributed by atoms with Gasteiger partial charge in [-0.2, -0.15) is 0 Å². The summed E-state index contributed by atoms with van der Waals surface area (Å²) in [6.07, 6.45) is -0.307. The largest absolute Gasteiger partial charge is 0.447 e. The Bertz CT molecular complexity index is 495. The van der Waals surface area contributed by atoms with Crippen molar-refractivity contribution in [1.82, 2.24) is 0 Å². The molecule has 1 aliphatic heterocycles. The highest BCUT2D eigenvalue weighted by molar-refractivity contribution is 5.43. The molecule has 0 bridgehead atoms. The lowest BCUT2D eigenvalue weighted by Crippen LogP contribution is -2.09. The smallest absolute Gasteiger partial charge is 0.268 e. The van der Waals surface area contributed by atoms with Gasteiger partial charge in [-0.05, 0) is 24.6 Å². The zero-order chi connectivity index (χ0) is 11.0. The first-order chi connectivity index (χ1) is 7.84. The van der Waals surface area contributed by atoms with Crippen molar-refractivity contribution in [2.24, 2.45) is 0 Å². The van der Waals surface area contributed by atoms with Crippen molar-refractivity contribution in [3.8, 4) is 11.5 Å². The fourth-order valence-electron chi connectivity index (χ4n) is 1.88. The second kappa shape index (κ2) is 3.56. The first-order valence-electron chi connectivity index (χ1n) is 5.32. The van der Waals surface area contributed by atoms with E-state index >= 15 is 0 Å². The summed E-state index contributed by atoms with van der Waals surface area (Å²) >= 11 is 0. The van der Waals surface area contributed by atoms with Crippen LogP contribution in [0.15, 0.2) is 48.5 Å². The molecule has 3 rings (SSSR count). The van der Waals surface area contributed by atoms with E-state index in [0.29, 0.717) is 0 Å². The normalized spacial score (nSPS) is 14.1. The van der Waals surface area contributed by atoms with Crippen LogP contribution in [0.25, 0.3) is 0 Å². The van der Waals surface area contributed by atoms with Crippen LogP contribution in [0, 0.1) is 6.92 Å². The minimum Gasteiger partial charge on any atom is -0.447 e. The van der Waals surface area contributed by atoms with Crippen molar-refractivity contribution in [1.29, 1.82) is 0 Å². The molecule has 0 aliphatic carbocycles. The summed E-state index contributed by atoms with van der Waals surface area (Å²) < 4.78 is 11.5. The van der Waals surface area contributed by atoms with Crippen LogP contribution in [-0.2, 0) is 0 Å². The maximum Gasteiger partial charge on any atom is 0.268 e. The van der Waals surface area contributed by atoms with Gasteiger partial charge in [0, 0.05) is 5.56 Å². The van der Waals surface area contributed by atoms with Crippen molar-refractivity contribution < 1.29 is 9.47 Å². The van der Waals surface area contributed by atoms with Crippen LogP contribution in [0.3, 0.4) is 0 Å². The fraction of sp³-hybridized carbons (Fsp3) is 0.143. The van der Waals surface area contributed by atoms with Crippen LogP contribution in [0.1, 0.15) is 17.4 Å². The zero-order valence-corrected chi connectivity index (χ0v) is 9.01. The third-order valence-corrected chi connectivity index (χ3v) is 2.76. The molecule has 0 radical (unpaired) electrons. The van der Waals surface area contributed by atoms with Crippen molar-refractivity contribution in [2.45, 2.75) is 13.2 Å². The van der Waals surface area contributed by atoms with E-state index in [4.69, 9.17) is 9.47 Å². The maximum absolute atomic E-state index is 5.75. The molecule has 2 aromatic rings. The predicted octanol–water partition coefficient (Wildman–Crippen LogP) is 3.47. The lowest BCUT2D eigenvalue weighted by Gasteiger charge is -2.12. The van der Waals surface area contributed by atoms with Crippen molar-refractivity contribution in [3.63, 3.8) is 0 Å². The highest BCUT2D eigenvalue weighted by Gasteiger charge is 2.25. The van der Waals surface area contributed by atoms with Crippen LogP contribution in [-0.4, -0.2) is 0 Å². The number of aryl methyl sites for hydroxylation is 1. The molecule has 0 saturated heterocycles. The molecule has 0 atom stereocenters. The van der Waals surface area contributed by atoms with Crippen LogP contribution >= 0.6 is 0 Å². The third-order valence-electron chi connectivity index (χ3n) is 2.76. The Balaban J connectivity index is 1.95. The minimum absolute atomic E-state index is 0.307. The number of benzene rings is 2. The molecule has 80 valence electrons. The number of rotatable bonds is 1. The molecule has 0 saturated carbocycles. The number of fused-ring (bicyclic) bond motifs is 1. The van der Waals surface area contributed by atoms with E-state index in [9.17, 15) is 0 Å². The molecule has 0 aromatic heterocycles. The first-order valence-corrected chi connectivity index (χ1v) is 5.32. The fourth-order valence-corrected chi connectivity index (χ4v) is 1.88. The monoisotopic (exact) mass is 212 g/mol. The van der Waals surface area contributed by atoms with Gasteiger partial charge >= 0.3 is 0 Å². The summed E-state index contributed by atoms with van der Waals surface area (Å²) in [5, 5.41) is 0. The van der Waals surface area contributed by atoms with Gasteiger partial charge in [0.2, 0.25) is 0 Å². The van der Waals surface area contributed by atoms with E-state index in [1.54, 1.807) is 0 Å². The lowest BCUT2D eigenvalue weighted by molar-refractivity contribution is 0.0481. The molecule has 0 amide bonds. The van der Waals surface area contributed by atoms with Gasteiger partial charge in [0.15, 0.2) is 11.5 Å². The Labute approximate surface area is 94.4 Å². The molecular formula is C14H12O2. The average molecular weight is 212 g/mol. The van der Waals surface area contributed by atoms with Gasteiger partial charge in [0.1, 0.15) is 0 Å². The van der Waals surface area contributed by atoms with E-state index in [-0.39, 0.29) is 6.29 Å². The Hall–Kier alpha value is -1.96. The molecule has 0 unspecified atom stereocenters. The number of para-hydroxylation sites is 2. The summed E-state index contributed by atoms with van der Waals surface area (Å²) in [7, 11) is 0. The predicted molar refractivity (Wildman–Crippen MR) is 61.6 cm³/mol. The van der Waals surface area contributed by atoms with Crippen LogP contribution < -0.4 is 9.47 Å². The van der Waals surface area contributed by atoms with Gasteiger partial charge in [0.25, 0.3) is 6.29 Å². The molecule has 0 N–H and O–H groups in total.